The highest BCUT2D eigenvalue weighted by Gasteiger charge is 2.16. The van der Waals surface area contributed by atoms with Crippen LogP contribution in [0.15, 0.2) is 21.7 Å². The van der Waals surface area contributed by atoms with Crippen molar-refractivity contribution < 1.29 is 8.42 Å². The van der Waals surface area contributed by atoms with Gasteiger partial charge >= 0.3 is 0 Å². The summed E-state index contributed by atoms with van der Waals surface area (Å²) >= 11 is 1.23. The summed E-state index contributed by atoms with van der Waals surface area (Å²) in [7, 11) is -3.26. The molecule has 0 amide bonds. The summed E-state index contributed by atoms with van der Waals surface area (Å²) in [6.45, 7) is 3.80. The average Bonchev–Trinajstić information content (AvgIpc) is 2.55. The smallest absolute Gasteiger partial charge is 0.208 e. The number of thiophene rings is 1. The summed E-state index contributed by atoms with van der Waals surface area (Å²) in [5.41, 5.74) is 0. The van der Waals surface area contributed by atoms with Gasteiger partial charge in [-0.3, -0.25) is 0 Å². The van der Waals surface area contributed by atoms with E-state index in [0.29, 0.717) is 4.21 Å². The summed E-state index contributed by atoms with van der Waals surface area (Å²) < 4.78 is 26.1. The first kappa shape index (κ1) is 10.7. The first-order valence-electron chi connectivity index (χ1n) is 4.12. The molecule has 13 heavy (non-hydrogen) atoms. The lowest BCUT2D eigenvalue weighted by atomic mass is 10.3. The van der Waals surface area contributed by atoms with Crippen LogP contribution in [0.1, 0.15) is 20.3 Å². The molecule has 0 aliphatic carbocycles. The van der Waals surface area contributed by atoms with Crippen molar-refractivity contribution in [3.63, 3.8) is 0 Å². The number of hydrogen-bond acceptors (Lipinski definition) is 3. The molecule has 1 heterocycles. The highest BCUT2D eigenvalue weighted by molar-refractivity contribution is 7.91. The molecule has 0 saturated carbocycles. The molecule has 0 aromatic carbocycles. The van der Waals surface area contributed by atoms with Gasteiger partial charge in [0.1, 0.15) is 4.21 Å². The highest BCUT2D eigenvalue weighted by atomic mass is 32.2. The Balaban J connectivity index is 2.79. The van der Waals surface area contributed by atoms with Crippen molar-refractivity contribution >= 4 is 21.4 Å². The van der Waals surface area contributed by atoms with E-state index in [1.54, 1.807) is 17.5 Å². The molecule has 1 aromatic rings. The molecular weight excluding hydrogens is 206 g/mol. The van der Waals surface area contributed by atoms with Crippen LogP contribution in [0.2, 0.25) is 0 Å². The van der Waals surface area contributed by atoms with E-state index in [0.717, 1.165) is 6.42 Å². The second-order valence-electron chi connectivity index (χ2n) is 2.86. The SMILES string of the molecule is CC[C@H](C)NS(=O)(=O)c1cccs1. The summed E-state index contributed by atoms with van der Waals surface area (Å²) in [5.74, 6) is 0. The van der Waals surface area contributed by atoms with E-state index in [9.17, 15) is 8.42 Å². The predicted octanol–water partition coefficient (Wildman–Crippen LogP) is 1.82. The summed E-state index contributed by atoms with van der Waals surface area (Å²) in [6, 6.07) is 3.33. The van der Waals surface area contributed by atoms with Gasteiger partial charge in [0.15, 0.2) is 0 Å². The van der Waals surface area contributed by atoms with Gasteiger partial charge in [-0.2, -0.15) is 0 Å². The molecule has 0 unspecified atom stereocenters. The van der Waals surface area contributed by atoms with Crippen molar-refractivity contribution in [2.75, 3.05) is 0 Å². The largest absolute Gasteiger partial charge is 0.250 e. The second kappa shape index (κ2) is 4.21. The second-order valence-corrected chi connectivity index (χ2v) is 5.75. The van der Waals surface area contributed by atoms with Crippen molar-refractivity contribution in [2.45, 2.75) is 30.5 Å². The van der Waals surface area contributed by atoms with Gasteiger partial charge in [0.05, 0.1) is 0 Å². The normalized spacial score (nSPS) is 14.3. The molecule has 1 atom stereocenters. The summed E-state index contributed by atoms with van der Waals surface area (Å²) in [4.78, 5) is 0. The molecule has 0 saturated heterocycles. The minimum absolute atomic E-state index is 0.00731. The van der Waals surface area contributed by atoms with E-state index in [1.807, 2.05) is 13.8 Å². The van der Waals surface area contributed by atoms with E-state index in [-0.39, 0.29) is 6.04 Å². The quantitative estimate of drug-likeness (QED) is 0.839. The molecule has 0 aliphatic heterocycles. The molecule has 3 nitrogen and oxygen atoms in total. The lowest BCUT2D eigenvalue weighted by Crippen LogP contribution is -2.31. The van der Waals surface area contributed by atoms with Crippen LogP contribution in [0.3, 0.4) is 0 Å². The van der Waals surface area contributed by atoms with Crippen LogP contribution in [-0.2, 0) is 10.0 Å². The monoisotopic (exact) mass is 219 g/mol. The zero-order chi connectivity index (χ0) is 9.90. The van der Waals surface area contributed by atoms with Crippen molar-refractivity contribution in [3.05, 3.63) is 17.5 Å². The molecule has 1 aromatic heterocycles. The molecule has 0 bridgehead atoms. The van der Waals surface area contributed by atoms with Crippen molar-refractivity contribution in [1.82, 2.24) is 4.72 Å². The van der Waals surface area contributed by atoms with Gasteiger partial charge < -0.3 is 0 Å². The Labute approximate surface area is 82.8 Å². The predicted molar refractivity (Wildman–Crippen MR) is 54.4 cm³/mol. The zero-order valence-electron chi connectivity index (χ0n) is 7.65. The lowest BCUT2D eigenvalue weighted by molar-refractivity contribution is 0.558. The average molecular weight is 219 g/mol. The molecule has 74 valence electrons. The fourth-order valence-electron chi connectivity index (χ4n) is 0.823. The molecule has 1 rings (SSSR count). The van der Waals surface area contributed by atoms with E-state index in [2.05, 4.69) is 4.72 Å². The van der Waals surface area contributed by atoms with Crippen LogP contribution < -0.4 is 4.72 Å². The van der Waals surface area contributed by atoms with Crippen LogP contribution in [0.25, 0.3) is 0 Å². The maximum atomic E-state index is 11.6. The number of nitrogens with one attached hydrogen (secondary N) is 1. The summed E-state index contributed by atoms with van der Waals surface area (Å²) in [6.07, 6.45) is 0.796. The number of sulfonamides is 1. The number of rotatable bonds is 4. The molecule has 0 spiro atoms. The van der Waals surface area contributed by atoms with Gasteiger partial charge in [0.2, 0.25) is 10.0 Å². The van der Waals surface area contributed by atoms with Crippen molar-refractivity contribution in [1.29, 1.82) is 0 Å². The van der Waals surface area contributed by atoms with Gasteiger partial charge in [0, 0.05) is 6.04 Å². The van der Waals surface area contributed by atoms with E-state index >= 15 is 0 Å². The Kier molecular flexibility index (Phi) is 3.47. The third-order valence-electron chi connectivity index (χ3n) is 1.73. The van der Waals surface area contributed by atoms with E-state index in [4.69, 9.17) is 0 Å². The minimum Gasteiger partial charge on any atom is -0.208 e. The maximum absolute atomic E-state index is 11.6. The molecular formula is C8H13NO2S2. The highest BCUT2D eigenvalue weighted by Crippen LogP contribution is 2.15. The van der Waals surface area contributed by atoms with Crippen molar-refractivity contribution in [3.8, 4) is 0 Å². The summed E-state index contributed by atoms with van der Waals surface area (Å²) in [5, 5.41) is 1.76. The van der Waals surface area contributed by atoms with Crippen LogP contribution in [0, 0.1) is 0 Å². The molecule has 1 N–H and O–H groups in total. The molecule has 5 heteroatoms. The fourth-order valence-corrected chi connectivity index (χ4v) is 3.16. The minimum atomic E-state index is -3.26. The van der Waals surface area contributed by atoms with Gasteiger partial charge in [-0.05, 0) is 24.8 Å². The topological polar surface area (TPSA) is 46.2 Å². The standard InChI is InChI=1S/C8H13NO2S2/c1-3-7(2)9-13(10,11)8-5-4-6-12-8/h4-7,9H,3H2,1-2H3/t7-/m0/s1. The zero-order valence-corrected chi connectivity index (χ0v) is 9.28. The van der Waals surface area contributed by atoms with Crippen LogP contribution in [0.5, 0.6) is 0 Å². The van der Waals surface area contributed by atoms with Gasteiger partial charge in [-0.1, -0.05) is 13.0 Å². The Morgan fingerprint density at radius 2 is 2.31 bits per heavy atom. The Bertz CT molecular complexity index is 342. The van der Waals surface area contributed by atoms with Crippen LogP contribution in [0.4, 0.5) is 0 Å². The van der Waals surface area contributed by atoms with Gasteiger partial charge in [-0.25, -0.2) is 13.1 Å². The first-order chi connectivity index (χ1) is 6.06. The third kappa shape index (κ3) is 2.79. The molecule has 0 radical (unpaired) electrons. The number of hydrogen-bond donors (Lipinski definition) is 1. The third-order valence-corrected chi connectivity index (χ3v) is 4.72. The fraction of sp³-hybridized carbons (Fsp3) is 0.500. The molecule has 0 aliphatic rings. The van der Waals surface area contributed by atoms with Crippen molar-refractivity contribution in [2.24, 2.45) is 0 Å². The Morgan fingerprint density at radius 1 is 1.62 bits per heavy atom. The maximum Gasteiger partial charge on any atom is 0.250 e. The van der Waals surface area contributed by atoms with Gasteiger partial charge in [0.25, 0.3) is 0 Å². The van der Waals surface area contributed by atoms with E-state index in [1.165, 1.54) is 11.3 Å². The Morgan fingerprint density at radius 3 is 2.77 bits per heavy atom. The first-order valence-corrected chi connectivity index (χ1v) is 6.48. The van der Waals surface area contributed by atoms with E-state index < -0.39 is 10.0 Å². The van der Waals surface area contributed by atoms with Crippen LogP contribution >= 0.6 is 11.3 Å². The van der Waals surface area contributed by atoms with Gasteiger partial charge in [-0.15, -0.1) is 11.3 Å². The van der Waals surface area contributed by atoms with Crippen LogP contribution in [-0.4, -0.2) is 14.5 Å². The lowest BCUT2D eigenvalue weighted by Gasteiger charge is -2.09. The Hall–Kier alpha value is -0.390. The molecule has 0 fully saturated rings.